The van der Waals surface area contributed by atoms with E-state index in [9.17, 15) is 9.18 Å². The molecule has 0 unspecified atom stereocenters. The molecule has 0 spiro atoms. The first-order chi connectivity index (χ1) is 6.62. The van der Waals surface area contributed by atoms with Crippen LogP contribution in [0, 0.1) is 11.4 Å². The first kappa shape index (κ1) is 9.12. The van der Waals surface area contributed by atoms with Gasteiger partial charge in [-0.2, -0.15) is 4.39 Å². The maximum atomic E-state index is 12.5. The smallest absolute Gasteiger partial charge is 0.309 e. The third-order valence-corrected chi connectivity index (χ3v) is 2.64. The summed E-state index contributed by atoms with van der Waals surface area (Å²) in [5.74, 6) is -1.30. The Bertz CT molecular complexity index is 357. The van der Waals surface area contributed by atoms with E-state index in [-0.39, 0.29) is 0 Å². The van der Waals surface area contributed by atoms with Crippen LogP contribution in [0.15, 0.2) is 18.3 Å². The molecule has 2 rings (SSSR count). The molecule has 1 aliphatic rings. The lowest BCUT2D eigenvalue weighted by Crippen LogP contribution is -2.17. The van der Waals surface area contributed by atoms with E-state index < -0.39 is 17.3 Å². The van der Waals surface area contributed by atoms with Gasteiger partial charge < -0.3 is 5.11 Å². The zero-order valence-corrected chi connectivity index (χ0v) is 7.53. The molecular formula is C10H10FNO2. The lowest BCUT2D eigenvalue weighted by atomic mass is 9.98. The number of aliphatic carboxylic acids is 1. The second-order valence-electron chi connectivity index (χ2n) is 3.75. The van der Waals surface area contributed by atoms with Gasteiger partial charge in [-0.1, -0.05) is 6.07 Å². The summed E-state index contributed by atoms with van der Waals surface area (Å²) in [4.78, 5) is 14.4. The highest BCUT2D eigenvalue weighted by Gasteiger charge is 2.49. The van der Waals surface area contributed by atoms with Gasteiger partial charge in [-0.05, 0) is 30.9 Å². The zero-order valence-electron chi connectivity index (χ0n) is 7.53. The number of hydrogen-bond acceptors (Lipinski definition) is 2. The summed E-state index contributed by atoms with van der Waals surface area (Å²) in [5.41, 5.74) is 0.186. The Balaban J connectivity index is 2.11. The van der Waals surface area contributed by atoms with Crippen molar-refractivity contribution in [1.82, 2.24) is 4.98 Å². The molecule has 14 heavy (non-hydrogen) atoms. The highest BCUT2D eigenvalue weighted by atomic mass is 19.1. The highest BCUT2D eigenvalue weighted by molar-refractivity contribution is 5.78. The number of rotatable bonds is 3. The number of carboxylic acids is 1. The zero-order chi connectivity index (χ0) is 10.2. The van der Waals surface area contributed by atoms with E-state index in [1.165, 1.54) is 12.3 Å². The lowest BCUT2D eigenvalue weighted by Gasteiger charge is -2.08. The molecule has 0 amide bonds. The maximum absolute atomic E-state index is 12.5. The Hall–Kier alpha value is -1.45. The molecule has 1 N–H and O–H groups in total. The molecule has 74 valence electrons. The fourth-order valence-electron chi connectivity index (χ4n) is 1.52. The summed E-state index contributed by atoms with van der Waals surface area (Å²) in [5, 5.41) is 8.93. The van der Waals surface area contributed by atoms with Gasteiger partial charge in [-0.3, -0.25) is 4.79 Å². The van der Waals surface area contributed by atoms with Crippen LogP contribution in [0.1, 0.15) is 18.4 Å². The predicted octanol–water partition coefficient (Wildman–Crippen LogP) is 1.63. The van der Waals surface area contributed by atoms with Gasteiger partial charge in [0.15, 0.2) is 0 Å². The van der Waals surface area contributed by atoms with E-state index in [1.54, 1.807) is 6.07 Å². The molecule has 1 saturated carbocycles. The molecular weight excluding hydrogens is 185 g/mol. The average Bonchev–Trinajstić information content (AvgIpc) is 2.90. The van der Waals surface area contributed by atoms with Gasteiger partial charge >= 0.3 is 5.97 Å². The van der Waals surface area contributed by atoms with Gasteiger partial charge in [0, 0.05) is 6.20 Å². The topological polar surface area (TPSA) is 50.2 Å². The quantitative estimate of drug-likeness (QED) is 0.746. The van der Waals surface area contributed by atoms with E-state index in [0.717, 1.165) is 5.56 Å². The second kappa shape index (κ2) is 3.04. The molecule has 0 aromatic carbocycles. The van der Waals surface area contributed by atoms with Crippen LogP contribution < -0.4 is 0 Å². The van der Waals surface area contributed by atoms with Crippen LogP contribution in [-0.2, 0) is 11.2 Å². The standard InChI is InChI=1S/C10H10FNO2/c11-8-2-1-7(6-12-8)5-10(3-4-10)9(13)14/h1-2,6H,3-5H2,(H,13,14). The number of aromatic nitrogens is 1. The normalized spacial score (nSPS) is 17.8. The van der Waals surface area contributed by atoms with Crippen molar-refractivity contribution >= 4 is 5.97 Å². The molecule has 0 aliphatic heterocycles. The van der Waals surface area contributed by atoms with Gasteiger partial charge in [0.2, 0.25) is 5.95 Å². The van der Waals surface area contributed by atoms with Crippen molar-refractivity contribution in [3.8, 4) is 0 Å². The first-order valence-corrected chi connectivity index (χ1v) is 4.46. The van der Waals surface area contributed by atoms with Crippen LogP contribution in [0.4, 0.5) is 4.39 Å². The van der Waals surface area contributed by atoms with E-state index in [4.69, 9.17) is 5.11 Å². The third-order valence-electron chi connectivity index (χ3n) is 2.64. The van der Waals surface area contributed by atoms with E-state index in [1.807, 2.05) is 0 Å². The van der Waals surface area contributed by atoms with Gasteiger partial charge in [0.25, 0.3) is 0 Å². The molecule has 3 nitrogen and oxygen atoms in total. The molecule has 4 heteroatoms. The fraction of sp³-hybridized carbons (Fsp3) is 0.400. The Morgan fingerprint density at radius 1 is 1.57 bits per heavy atom. The fourth-order valence-corrected chi connectivity index (χ4v) is 1.52. The van der Waals surface area contributed by atoms with Crippen molar-refractivity contribution in [3.63, 3.8) is 0 Å². The Morgan fingerprint density at radius 3 is 2.71 bits per heavy atom. The first-order valence-electron chi connectivity index (χ1n) is 4.46. The molecule has 0 atom stereocenters. The molecule has 0 saturated heterocycles. The van der Waals surface area contributed by atoms with Crippen LogP contribution in [0.3, 0.4) is 0 Å². The molecule has 1 aromatic rings. The number of halogens is 1. The third kappa shape index (κ3) is 1.60. The molecule has 1 aromatic heterocycles. The van der Waals surface area contributed by atoms with Crippen LogP contribution in [0.2, 0.25) is 0 Å². The van der Waals surface area contributed by atoms with Crippen LogP contribution in [-0.4, -0.2) is 16.1 Å². The monoisotopic (exact) mass is 195 g/mol. The second-order valence-corrected chi connectivity index (χ2v) is 3.75. The van der Waals surface area contributed by atoms with E-state index >= 15 is 0 Å². The summed E-state index contributed by atoms with van der Waals surface area (Å²) >= 11 is 0. The number of carbonyl (C=O) groups is 1. The molecule has 1 aliphatic carbocycles. The van der Waals surface area contributed by atoms with Crippen LogP contribution in [0.25, 0.3) is 0 Å². The SMILES string of the molecule is O=C(O)C1(Cc2ccc(F)nc2)CC1. The van der Waals surface area contributed by atoms with Crippen molar-refractivity contribution in [2.24, 2.45) is 5.41 Å². The molecule has 0 radical (unpaired) electrons. The Morgan fingerprint density at radius 2 is 2.29 bits per heavy atom. The van der Waals surface area contributed by atoms with Gasteiger partial charge in [0.1, 0.15) is 0 Å². The largest absolute Gasteiger partial charge is 0.481 e. The number of carboxylic acid groups (broad SMARTS) is 1. The van der Waals surface area contributed by atoms with Crippen molar-refractivity contribution in [3.05, 3.63) is 29.8 Å². The Labute approximate surface area is 80.6 Å². The summed E-state index contributed by atoms with van der Waals surface area (Å²) in [7, 11) is 0. The number of pyridine rings is 1. The van der Waals surface area contributed by atoms with E-state index in [2.05, 4.69) is 4.98 Å². The predicted molar refractivity (Wildman–Crippen MR) is 47.2 cm³/mol. The van der Waals surface area contributed by atoms with Crippen molar-refractivity contribution < 1.29 is 14.3 Å². The Kier molecular flexibility index (Phi) is 1.98. The lowest BCUT2D eigenvalue weighted by molar-refractivity contribution is -0.143. The maximum Gasteiger partial charge on any atom is 0.309 e. The average molecular weight is 195 g/mol. The molecule has 1 heterocycles. The van der Waals surface area contributed by atoms with Crippen molar-refractivity contribution in [1.29, 1.82) is 0 Å². The van der Waals surface area contributed by atoms with E-state index in [0.29, 0.717) is 19.3 Å². The highest BCUT2D eigenvalue weighted by Crippen LogP contribution is 2.48. The number of hydrogen-bond donors (Lipinski definition) is 1. The van der Waals surface area contributed by atoms with Crippen molar-refractivity contribution in [2.75, 3.05) is 0 Å². The molecule has 0 bridgehead atoms. The summed E-state index contributed by atoms with van der Waals surface area (Å²) in [6.45, 7) is 0. The summed E-state index contributed by atoms with van der Waals surface area (Å²) < 4.78 is 12.5. The van der Waals surface area contributed by atoms with Gasteiger partial charge in [0.05, 0.1) is 5.41 Å². The summed E-state index contributed by atoms with van der Waals surface area (Å²) in [6.07, 6.45) is 3.27. The van der Waals surface area contributed by atoms with Gasteiger partial charge in [-0.25, -0.2) is 4.98 Å². The minimum absolute atomic E-state index is 0.454. The minimum atomic E-state index is -0.762. The van der Waals surface area contributed by atoms with Gasteiger partial charge in [-0.15, -0.1) is 0 Å². The van der Waals surface area contributed by atoms with Crippen molar-refractivity contribution in [2.45, 2.75) is 19.3 Å². The van der Waals surface area contributed by atoms with Crippen LogP contribution in [0.5, 0.6) is 0 Å². The minimum Gasteiger partial charge on any atom is -0.481 e. The summed E-state index contributed by atoms with van der Waals surface area (Å²) in [6, 6.07) is 2.85. The number of nitrogens with zero attached hydrogens (tertiary/aromatic N) is 1. The van der Waals surface area contributed by atoms with Crippen LogP contribution >= 0.6 is 0 Å². The molecule has 1 fully saturated rings.